The minimum absolute atomic E-state index is 0.00414. The molecule has 0 aromatic heterocycles. The first-order valence-corrected chi connectivity index (χ1v) is 7.43. The molecule has 1 aromatic carbocycles. The van der Waals surface area contributed by atoms with Crippen molar-refractivity contribution in [3.63, 3.8) is 0 Å². The lowest BCUT2D eigenvalue weighted by Crippen LogP contribution is -2.39. The standard InChI is InChI=1S/C16H21N3O2/c1-18-7-3-4-13(18)10-19(2)16(21)11-5-6-14-12(8-11)9-15(20)17-14/h5-6,8,13H,3-4,7,9-10H2,1-2H3,(H,17,20). The predicted molar refractivity (Wildman–Crippen MR) is 81.4 cm³/mol. The quantitative estimate of drug-likeness (QED) is 0.913. The van der Waals surface area contributed by atoms with E-state index >= 15 is 0 Å². The summed E-state index contributed by atoms with van der Waals surface area (Å²) in [5.74, 6) is 0.0213. The minimum Gasteiger partial charge on any atom is -0.340 e. The van der Waals surface area contributed by atoms with Crippen LogP contribution in [0.1, 0.15) is 28.8 Å². The molecule has 1 fully saturated rings. The summed E-state index contributed by atoms with van der Waals surface area (Å²) in [6.45, 7) is 1.86. The molecular formula is C16H21N3O2. The monoisotopic (exact) mass is 287 g/mol. The molecule has 5 heteroatoms. The fraction of sp³-hybridized carbons (Fsp3) is 0.500. The first-order chi connectivity index (χ1) is 10.0. The van der Waals surface area contributed by atoms with E-state index in [0.717, 1.165) is 30.8 Å². The molecule has 0 bridgehead atoms. The van der Waals surface area contributed by atoms with E-state index in [4.69, 9.17) is 0 Å². The maximum Gasteiger partial charge on any atom is 0.253 e. The van der Waals surface area contributed by atoms with Gasteiger partial charge < -0.3 is 15.1 Å². The van der Waals surface area contributed by atoms with Crippen molar-refractivity contribution in [2.24, 2.45) is 0 Å². The first kappa shape index (κ1) is 14.1. The zero-order valence-electron chi connectivity index (χ0n) is 12.6. The van der Waals surface area contributed by atoms with Crippen molar-refractivity contribution >= 4 is 17.5 Å². The van der Waals surface area contributed by atoms with Crippen LogP contribution in [0.15, 0.2) is 18.2 Å². The van der Waals surface area contributed by atoms with Crippen LogP contribution in [0.5, 0.6) is 0 Å². The van der Waals surface area contributed by atoms with Gasteiger partial charge in [-0.1, -0.05) is 0 Å². The zero-order valence-corrected chi connectivity index (χ0v) is 12.6. The van der Waals surface area contributed by atoms with Gasteiger partial charge in [-0.25, -0.2) is 0 Å². The van der Waals surface area contributed by atoms with Crippen LogP contribution in [0.2, 0.25) is 0 Å². The van der Waals surface area contributed by atoms with Gasteiger partial charge in [0.15, 0.2) is 0 Å². The van der Waals surface area contributed by atoms with Gasteiger partial charge in [-0.05, 0) is 50.2 Å². The topological polar surface area (TPSA) is 52.7 Å². The van der Waals surface area contributed by atoms with E-state index in [0.29, 0.717) is 18.0 Å². The second-order valence-electron chi connectivity index (χ2n) is 6.06. The molecule has 2 heterocycles. The Morgan fingerprint density at radius 2 is 2.29 bits per heavy atom. The number of likely N-dealkylation sites (tertiary alicyclic amines) is 1. The van der Waals surface area contributed by atoms with Crippen LogP contribution >= 0.6 is 0 Å². The maximum absolute atomic E-state index is 12.5. The average Bonchev–Trinajstić information content (AvgIpc) is 3.02. The Balaban J connectivity index is 1.70. The molecular weight excluding hydrogens is 266 g/mol. The fourth-order valence-corrected chi connectivity index (χ4v) is 3.19. The Kier molecular flexibility index (Phi) is 3.68. The largest absolute Gasteiger partial charge is 0.340 e. The van der Waals surface area contributed by atoms with Crippen molar-refractivity contribution in [1.29, 1.82) is 0 Å². The highest BCUT2D eigenvalue weighted by molar-refractivity contribution is 6.01. The molecule has 0 spiro atoms. The summed E-state index contributed by atoms with van der Waals surface area (Å²) in [7, 11) is 3.97. The number of hydrogen-bond donors (Lipinski definition) is 1. The molecule has 3 rings (SSSR count). The number of nitrogens with zero attached hydrogens (tertiary/aromatic N) is 2. The Morgan fingerprint density at radius 3 is 3.00 bits per heavy atom. The lowest BCUT2D eigenvalue weighted by Gasteiger charge is -2.26. The minimum atomic E-state index is -0.00414. The summed E-state index contributed by atoms with van der Waals surface area (Å²) >= 11 is 0. The van der Waals surface area contributed by atoms with Crippen molar-refractivity contribution < 1.29 is 9.59 Å². The molecule has 1 atom stereocenters. The molecule has 112 valence electrons. The van der Waals surface area contributed by atoms with E-state index in [9.17, 15) is 9.59 Å². The second kappa shape index (κ2) is 5.48. The first-order valence-electron chi connectivity index (χ1n) is 7.43. The van der Waals surface area contributed by atoms with Crippen LogP contribution in [0.4, 0.5) is 5.69 Å². The van der Waals surface area contributed by atoms with Gasteiger partial charge in [0.25, 0.3) is 5.91 Å². The summed E-state index contributed by atoms with van der Waals surface area (Å²) in [5, 5.41) is 2.79. The summed E-state index contributed by atoms with van der Waals surface area (Å²) in [6.07, 6.45) is 2.72. The van der Waals surface area contributed by atoms with Crippen molar-refractivity contribution in [2.75, 3.05) is 32.5 Å². The lowest BCUT2D eigenvalue weighted by molar-refractivity contribution is -0.115. The smallest absolute Gasteiger partial charge is 0.253 e. The van der Waals surface area contributed by atoms with Gasteiger partial charge in [0.05, 0.1) is 6.42 Å². The SMILES string of the molecule is CN(CC1CCCN1C)C(=O)c1ccc2c(c1)CC(=O)N2. The highest BCUT2D eigenvalue weighted by atomic mass is 16.2. The van der Waals surface area contributed by atoms with Gasteiger partial charge >= 0.3 is 0 Å². The Bertz CT molecular complexity index is 585. The Hall–Kier alpha value is -1.88. The van der Waals surface area contributed by atoms with E-state index in [1.165, 1.54) is 6.42 Å². The van der Waals surface area contributed by atoms with E-state index < -0.39 is 0 Å². The molecule has 0 aliphatic carbocycles. The van der Waals surface area contributed by atoms with Gasteiger partial charge in [-0.15, -0.1) is 0 Å². The average molecular weight is 287 g/mol. The molecule has 1 saturated heterocycles. The van der Waals surface area contributed by atoms with Crippen molar-refractivity contribution in [2.45, 2.75) is 25.3 Å². The third-order valence-corrected chi connectivity index (χ3v) is 4.48. The molecule has 5 nitrogen and oxygen atoms in total. The van der Waals surface area contributed by atoms with Crippen LogP contribution in [0.3, 0.4) is 0 Å². The summed E-state index contributed by atoms with van der Waals surface area (Å²) < 4.78 is 0. The Morgan fingerprint density at radius 1 is 1.48 bits per heavy atom. The number of likely N-dealkylation sites (N-methyl/N-ethyl adjacent to an activating group) is 2. The number of anilines is 1. The van der Waals surface area contributed by atoms with Gasteiger partial charge in [0.2, 0.25) is 5.91 Å². The maximum atomic E-state index is 12.5. The van der Waals surface area contributed by atoms with E-state index in [1.807, 2.05) is 19.2 Å². The van der Waals surface area contributed by atoms with Crippen LogP contribution in [0.25, 0.3) is 0 Å². The molecule has 21 heavy (non-hydrogen) atoms. The third kappa shape index (κ3) is 2.78. The van der Waals surface area contributed by atoms with E-state index in [1.54, 1.807) is 11.0 Å². The summed E-state index contributed by atoms with van der Waals surface area (Å²) in [4.78, 5) is 28.0. The molecule has 1 aromatic rings. The summed E-state index contributed by atoms with van der Waals surface area (Å²) in [5.41, 5.74) is 2.40. The van der Waals surface area contributed by atoms with Crippen LogP contribution in [-0.2, 0) is 11.2 Å². The number of fused-ring (bicyclic) bond motifs is 1. The van der Waals surface area contributed by atoms with Crippen LogP contribution in [-0.4, -0.2) is 54.8 Å². The second-order valence-corrected chi connectivity index (χ2v) is 6.06. The van der Waals surface area contributed by atoms with Gasteiger partial charge in [0, 0.05) is 30.9 Å². The fourth-order valence-electron chi connectivity index (χ4n) is 3.19. The highest BCUT2D eigenvalue weighted by Gasteiger charge is 2.25. The van der Waals surface area contributed by atoms with Crippen molar-refractivity contribution in [3.05, 3.63) is 29.3 Å². The van der Waals surface area contributed by atoms with Crippen LogP contribution < -0.4 is 5.32 Å². The zero-order chi connectivity index (χ0) is 15.0. The van der Waals surface area contributed by atoms with E-state index in [-0.39, 0.29) is 11.8 Å². The lowest BCUT2D eigenvalue weighted by atomic mass is 10.1. The molecule has 1 N–H and O–H groups in total. The molecule has 2 amide bonds. The molecule has 0 saturated carbocycles. The predicted octanol–water partition coefficient (Wildman–Crippen LogP) is 1.35. The number of hydrogen-bond acceptors (Lipinski definition) is 3. The van der Waals surface area contributed by atoms with Crippen molar-refractivity contribution in [1.82, 2.24) is 9.80 Å². The molecule has 0 radical (unpaired) electrons. The van der Waals surface area contributed by atoms with E-state index in [2.05, 4.69) is 17.3 Å². The van der Waals surface area contributed by atoms with Gasteiger partial charge in [-0.3, -0.25) is 9.59 Å². The molecule has 2 aliphatic heterocycles. The normalized spacial score (nSPS) is 21.2. The molecule has 1 unspecified atom stereocenters. The number of amides is 2. The number of carbonyl (C=O) groups excluding carboxylic acids is 2. The van der Waals surface area contributed by atoms with Crippen molar-refractivity contribution in [3.8, 4) is 0 Å². The highest BCUT2D eigenvalue weighted by Crippen LogP contribution is 2.24. The molecule has 2 aliphatic rings. The van der Waals surface area contributed by atoms with Gasteiger partial charge in [0.1, 0.15) is 0 Å². The van der Waals surface area contributed by atoms with Gasteiger partial charge in [-0.2, -0.15) is 0 Å². The van der Waals surface area contributed by atoms with Crippen LogP contribution in [0, 0.1) is 0 Å². The number of rotatable bonds is 3. The summed E-state index contributed by atoms with van der Waals surface area (Å²) in [6, 6.07) is 5.91. The third-order valence-electron chi connectivity index (χ3n) is 4.48. The number of carbonyl (C=O) groups is 2. The number of benzene rings is 1. The number of nitrogens with one attached hydrogen (secondary N) is 1. The Labute approximate surface area is 124 Å².